The molecular weight excluding hydrogens is 436 g/mol. The maximum atomic E-state index is 12.4. The lowest BCUT2D eigenvalue weighted by Gasteiger charge is -2.20. The van der Waals surface area contributed by atoms with E-state index in [-0.39, 0.29) is 17.0 Å². The van der Waals surface area contributed by atoms with Crippen molar-refractivity contribution >= 4 is 33.2 Å². The lowest BCUT2D eigenvalue weighted by Crippen LogP contribution is -2.32. The van der Waals surface area contributed by atoms with Gasteiger partial charge >= 0.3 is 0 Å². The Hall–Kier alpha value is -2.45. The number of hydrogen-bond donors (Lipinski definition) is 2. The van der Waals surface area contributed by atoms with Crippen LogP contribution in [-0.4, -0.2) is 35.6 Å². The number of halogens is 1. The number of hydrogen-bond acceptors (Lipinski definition) is 6. The summed E-state index contributed by atoms with van der Waals surface area (Å²) in [5.41, 5.74) is 1.19. The van der Waals surface area contributed by atoms with E-state index in [2.05, 4.69) is 20.6 Å². The van der Waals surface area contributed by atoms with Crippen molar-refractivity contribution in [3.63, 3.8) is 0 Å². The molecular formula is C22H25ClN4O3S. The van der Waals surface area contributed by atoms with Gasteiger partial charge in [-0.25, -0.2) is 18.4 Å². The Morgan fingerprint density at radius 2 is 1.90 bits per heavy atom. The first-order chi connectivity index (χ1) is 14.8. The standard InChI is InChI=1S/C22H25ClN4O3S/c1-14(10-11-31(29,30)16-8-9-16)26-22(28)19-12-25-20(13-24-19)27-21(15-6-7-15)17-4-2-3-5-18(17)23/h2-5,10-16,21H,6-9H2,1H3,(H,25,27)(H,26,28)/b11-10+/t14-,21?/m1/s1. The number of nitrogens with zero attached hydrogens (tertiary/aromatic N) is 2. The number of nitrogens with one attached hydrogen (secondary N) is 2. The molecule has 1 amide bonds. The Labute approximate surface area is 187 Å². The lowest BCUT2D eigenvalue weighted by atomic mass is 10.0. The average molecular weight is 461 g/mol. The molecule has 2 fully saturated rings. The maximum absolute atomic E-state index is 12.4. The molecule has 2 saturated carbocycles. The van der Waals surface area contributed by atoms with Gasteiger partial charge in [-0.05, 0) is 50.2 Å². The summed E-state index contributed by atoms with van der Waals surface area (Å²) >= 11 is 6.37. The number of benzene rings is 1. The summed E-state index contributed by atoms with van der Waals surface area (Å²) in [6.45, 7) is 1.71. The Morgan fingerprint density at radius 3 is 2.52 bits per heavy atom. The van der Waals surface area contributed by atoms with Crippen LogP contribution in [0.4, 0.5) is 5.82 Å². The number of carbonyl (C=O) groups is 1. The molecule has 0 aliphatic heterocycles. The van der Waals surface area contributed by atoms with Crippen molar-refractivity contribution in [3.8, 4) is 0 Å². The van der Waals surface area contributed by atoms with Gasteiger partial charge < -0.3 is 10.6 Å². The molecule has 1 unspecified atom stereocenters. The summed E-state index contributed by atoms with van der Waals surface area (Å²) in [5, 5.41) is 7.75. The molecule has 0 spiro atoms. The number of aromatic nitrogens is 2. The normalized spacial score (nSPS) is 18.5. The van der Waals surface area contributed by atoms with Crippen LogP contribution in [0.25, 0.3) is 0 Å². The molecule has 0 saturated heterocycles. The smallest absolute Gasteiger partial charge is 0.271 e. The van der Waals surface area contributed by atoms with Crippen LogP contribution >= 0.6 is 11.6 Å². The highest BCUT2D eigenvalue weighted by molar-refractivity contribution is 7.95. The van der Waals surface area contributed by atoms with Crippen molar-refractivity contribution in [2.45, 2.75) is 49.9 Å². The molecule has 31 heavy (non-hydrogen) atoms. The van der Waals surface area contributed by atoms with Gasteiger partial charge in [0.2, 0.25) is 0 Å². The van der Waals surface area contributed by atoms with Gasteiger partial charge in [-0.15, -0.1) is 0 Å². The average Bonchev–Trinajstić information content (AvgIpc) is 3.64. The van der Waals surface area contributed by atoms with E-state index >= 15 is 0 Å². The third kappa shape index (κ3) is 5.62. The van der Waals surface area contributed by atoms with Crippen molar-refractivity contribution in [2.75, 3.05) is 5.32 Å². The Kier molecular flexibility index (Phi) is 6.29. The highest BCUT2D eigenvalue weighted by Crippen LogP contribution is 2.44. The van der Waals surface area contributed by atoms with E-state index in [1.165, 1.54) is 23.9 Å². The van der Waals surface area contributed by atoms with E-state index in [9.17, 15) is 13.2 Å². The molecule has 0 radical (unpaired) electrons. The molecule has 4 rings (SSSR count). The Balaban J connectivity index is 1.37. The van der Waals surface area contributed by atoms with Crippen LogP contribution in [0.15, 0.2) is 48.1 Å². The summed E-state index contributed by atoms with van der Waals surface area (Å²) in [4.78, 5) is 21.0. The summed E-state index contributed by atoms with van der Waals surface area (Å²) in [6.07, 6.45) is 8.09. The largest absolute Gasteiger partial charge is 0.362 e. The Bertz CT molecular complexity index is 1080. The zero-order chi connectivity index (χ0) is 22.0. The molecule has 2 atom stereocenters. The number of carbonyl (C=O) groups excluding carboxylic acids is 1. The third-order valence-electron chi connectivity index (χ3n) is 5.43. The van der Waals surface area contributed by atoms with Crippen molar-refractivity contribution in [2.24, 2.45) is 5.92 Å². The minimum atomic E-state index is -3.21. The van der Waals surface area contributed by atoms with Gasteiger partial charge in [-0.2, -0.15) is 0 Å². The molecule has 2 aromatic rings. The predicted molar refractivity (Wildman–Crippen MR) is 121 cm³/mol. The van der Waals surface area contributed by atoms with Gasteiger partial charge in [-0.3, -0.25) is 4.79 Å². The molecule has 9 heteroatoms. The predicted octanol–water partition coefficient (Wildman–Crippen LogP) is 3.90. The fraction of sp³-hybridized carbons (Fsp3) is 0.409. The topological polar surface area (TPSA) is 101 Å². The highest BCUT2D eigenvalue weighted by Gasteiger charge is 2.34. The zero-order valence-electron chi connectivity index (χ0n) is 17.2. The monoisotopic (exact) mass is 460 g/mol. The van der Waals surface area contributed by atoms with E-state index in [1.54, 1.807) is 6.92 Å². The van der Waals surface area contributed by atoms with E-state index < -0.39 is 21.8 Å². The second-order valence-electron chi connectivity index (χ2n) is 8.15. The van der Waals surface area contributed by atoms with Crippen molar-refractivity contribution < 1.29 is 13.2 Å². The summed E-state index contributed by atoms with van der Waals surface area (Å²) in [7, 11) is -3.21. The van der Waals surface area contributed by atoms with Crippen LogP contribution in [0.5, 0.6) is 0 Å². The van der Waals surface area contributed by atoms with Crippen molar-refractivity contribution in [3.05, 3.63) is 64.4 Å². The van der Waals surface area contributed by atoms with E-state index in [4.69, 9.17) is 11.6 Å². The van der Waals surface area contributed by atoms with Crippen LogP contribution in [-0.2, 0) is 9.84 Å². The first-order valence-electron chi connectivity index (χ1n) is 10.4. The Morgan fingerprint density at radius 1 is 1.16 bits per heavy atom. The minimum absolute atomic E-state index is 0.0428. The summed E-state index contributed by atoms with van der Waals surface area (Å²) in [6, 6.07) is 7.34. The van der Waals surface area contributed by atoms with Gasteiger partial charge in [0, 0.05) is 16.5 Å². The fourth-order valence-electron chi connectivity index (χ4n) is 3.35. The molecule has 2 N–H and O–H groups in total. The lowest BCUT2D eigenvalue weighted by molar-refractivity contribution is 0.0941. The van der Waals surface area contributed by atoms with Gasteiger partial charge in [0.15, 0.2) is 9.84 Å². The number of amides is 1. The zero-order valence-corrected chi connectivity index (χ0v) is 18.7. The molecule has 0 bridgehead atoms. The van der Waals surface area contributed by atoms with Gasteiger partial charge in [0.05, 0.1) is 23.7 Å². The molecule has 7 nitrogen and oxygen atoms in total. The fourth-order valence-corrected chi connectivity index (χ4v) is 5.07. The van der Waals surface area contributed by atoms with Gasteiger partial charge in [0.1, 0.15) is 11.5 Å². The van der Waals surface area contributed by atoms with Gasteiger partial charge in [0.25, 0.3) is 5.91 Å². The van der Waals surface area contributed by atoms with E-state index in [0.717, 1.165) is 18.4 Å². The van der Waals surface area contributed by atoms with E-state index in [0.29, 0.717) is 29.6 Å². The second-order valence-corrected chi connectivity index (χ2v) is 10.7. The molecule has 2 aliphatic rings. The van der Waals surface area contributed by atoms with Crippen LogP contribution in [0.2, 0.25) is 5.02 Å². The minimum Gasteiger partial charge on any atom is -0.362 e. The molecule has 164 valence electrons. The third-order valence-corrected chi connectivity index (χ3v) is 7.71. The highest BCUT2D eigenvalue weighted by atomic mass is 35.5. The van der Waals surface area contributed by atoms with Crippen LogP contribution in [0.1, 0.15) is 54.7 Å². The molecule has 1 aromatic heterocycles. The van der Waals surface area contributed by atoms with Crippen LogP contribution in [0.3, 0.4) is 0 Å². The first-order valence-corrected chi connectivity index (χ1v) is 12.4. The van der Waals surface area contributed by atoms with Crippen LogP contribution < -0.4 is 10.6 Å². The first kappa shape index (κ1) is 21.8. The molecule has 1 aromatic carbocycles. The van der Waals surface area contributed by atoms with Gasteiger partial charge in [-0.1, -0.05) is 35.9 Å². The summed E-state index contributed by atoms with van der Waals surface area (Å²) in [5.74, 6) is 0.644. The number of anilines is 1. The van der Waals surface area contributed by atoms with Crippen molar-refractivity contribution in [1.82, 2.24) is 15.3 Å². The number of rotatable bonds is 9. The molecule has 1 heterocycles. The number of sulfone groups is 1. The quantitative estimate of drug-likeness (QED) is 0.588. The molecule has 2 aliphatic carbocycles. The second kappa shape index (κ2) is 8.96. The van der Waals surface area contributed by atoms with Crippen molar-refractivity contribution in [1.29, 1.82) is 0 Å². The maximum Gasteiger partial charge on any atom is 0.271 e. The SMILES string of the molecule is C[C@H](/C=C/S(=O)(=O)C1CC1)NC(=O)c1cnc(NC(c2ccccc2Cl)C2CC2)cn1. The summed E-state index contributed by atoms with van der Waals surface area (Å²) < 4.78 is 23.8. The van der Waals surface area contributed by atoms with Crippen LogP contribution in [0, 0.1) is 5.92 Å². The van der Waals surface area contributed by atoms with E-state index in [1.807, 2.05) is 24.3 Å².